The molecule has 0 amide bonds. The Labute approximate surface area is 142 Å². The van der Waals surface area contributed by atoms with Crippen molar-refractivity contribution in [2.45, 2.75) is 31.7 Å². The summed E-state index contributed by atoms with van der Waals surface area (Å²) >= 11 is 0. The van der Waals surface area contributed by atoms with E-state index in [1.54, 1.807) is 20.3 Å². The SMILES string of the molecule is COCCCOC(=O)c1cnc(NC2CC2)cc1OCCCOC. The van der Waals surface area contributed by atoms with Gasteiger partial charge < -0.3 is 24.3 Å². The van der Waals surface area contributed by atoms with Crippen molar-refractivity contribution in [2.24, 2.45) is 0 Å². The van der Waals surface area contributed by atoms with Gasteiger partial charge in [-0.1, -0.05) is 0 Å². The fourth-order valence-electron chi connectivity index (χ4n) is 2.06. The Hall–Kier alpha value is -1.86. The lowest BCUT2D eigenvalue weighted by Gasteiger charge is -2.13. The Bertz CT molecular complexity index is 520. The largest absolute Gasteiger partial charge is 0.492 e. The van der Waals surface area contributed by atoms with Gasteiger partial charge in [0.15, 0.2) is 0 Å². The van der Waals surface area contributed by atoms with Crippen molar-refractivity contribution in [3.8, 4) is 5.75 Å². The van der Waals surface area contributed by atoms with Gasteiger partial charge in [-0.2, -0.15) is 0 Å². The van der Waals surface area contributed by atoms with Crippen LogP contribution in [0.3, 0.4) is 0 Å². The first-order valence-electron chi connectivity index (χ1n) is 8.29. The zero-order chi connectivity index (χ0) is 17.2. The van der Waals surface area contributed by atoms with Gasteiger partial charge in [-0.3, -0.25) is 0 Å². The second-order valence-electron chi connectivity index (χ2n) is 5.66. The molecule has 0 aliphatic heterocycles. The molecule has 0 aromatic carbocycles. The summed E-state index contributed by atoms with van der Waals surface area (Å²) < 4.78 is 20.9. The molecule has 1 fully saturated rings. The van der Waals surface area contributed by atoms with Crippen molar-refractivity contribution >= 4 is 11.8 Å². The van der Waals surface area contributed by atoms with Crippen molar-refractivity contribution in [1.29, 1.82) is 0 Å². The van der Waals surface area contributed by atoms with E-state index in [0.29, 0.717) is 50.2 Å². The van der Waals surface area contributed by atoms with Gasteiger partial charge in [-0.25, -0.2) is 9.78 Å². The average Bonchev–Trinajstić information content (AvgIpc) is 3.39. The first-order valence-corrected chi connectivity index (χ1v) is 8.29. The maximum atomic E-state index is 12.2. The fraction of sp³-hybridized carbons (Fsp3) is 0.647. The van der Waals surface area contributed by atoms with Gasteiger partial charge >= 0.3 is 5.97 Å². The first kappa shape index (κ1) is 18.5. The molecule has 1 heterocycles. The Morgan fingerprint density at radius 1 is 1.17 bits per heavy atom. The molecule has 1 saturated carbocycles. The predicted molar refractivity (Wildman–Crippen MR) is 89.6 cm³/mol. The number of hydrogen-bond donors (Lipinski definition) is 1. The summed E-state index contributed by atoms with van der Waals surface area (Å²) in [4.78, 5) is 16.5. The molecule has 0 atom stereocenters. The standard InChI is InChI=1S/C17H26N2O5/c1-21-7-3-9-23-15-11-16(19-13-5-6-13)18-12-14(15)17(20)24-10-4-8-22-2/h11-13H,3-10H2,1-2H3,(H,18,19). The van der Waals surface area contributed by atoms with E-state index in [1.807, 2.05) is 0 Å². The van der Waals surface area contributed by atoms with E-state index in [0.717, 1.165) is 25.1 Å². The number of carbonyl (C=O) groups is 1. The van der Waals surface area contributed by atoms with E-state index < -0.39 is 5.97 Å². The highest BCUT2D eigenvalue weighted by atomic mass is 16.5. The van der Waals surface area contributed by atoms with Gasteiger partial charge in [0.05, 0.1) is 13.2 Å². The molecule has 7 heteroatoms. The summed E-state index contributed by atoms with van der Waals surface area (Å²) in [5, 5.41) is 3.30. The topological polar surface area (TPSA) is 78.9 Å². The van der Waals surface area contributed by atoms with Crippen molar-refractivity contribution in [3.63, 3.8) is 0 Å². The Balaban J connectivity index is 1.98. The number of anilines is 1. The molecule has 7 nitrogen and oxygen atoms in total. The van der Waals surface area contributed by atoms with Gasteiger partial charge in [0.2, 0.25) is 0 Å². The van der Waals surface area contributed by atoms with Gasteiger partial charge in [0.1, 0.15) is 17.1 Å². The molecule has 2 rings (SSSR count). The third kappa shape index (κ3) is 6.33. The van der Waals surface area contributed by atoms with Crippen LogP contribution in [0, 0.1) is 0 Å². The predicted octanol–water partition coefficient (Wildman–Crippen LogP) is 2.26. The van der Waals surface area contributed by atoms with Crippen LogP contribution in [0.15, 0.2) is 12.3 Å². The van der Waals surface area contributed by atoms with E-state index in [9.17, 15) is 4.79 Å². The third-order valence-corrected chi connectivity index (χ3v) is 3.49. The number of nitrogens with zero attached hydrogens (tertiary/aromatic N) is 1. The first-order chi connectivity index (χ1) is 11.7. The number of methoxy groups -OCH3 is 2. The molecule has 0 radical (unpaired) electrons. The van der Waals surface area contributed by atoms with Crippen molar-refractivity contribution in [3.05, 3.63) is 17.8 Å². The third-order valence-electron chi connectivity index (χ3n) is 3.49. The minimum Gasteiger partial charge on any atom is -0.492 e. The molecule has 0 bridgehead atoms. The molecule has 134 valence electrons. The highest BCUT2D eigenvalue weighted by Gasteiger charge is 2.23. The zero-order valence-corrected chi connectivity index (χ0v) is 14.4. The van der Waals surface area contributed by atoms with Gasteiger partial charge in [0.25, 0.3) is 0 Å². The van der Waals surface area contributed by atoms with Crippen LogP contribution in [0.1, 0.15) is 36.0 Å². The minimum atomic E-state index is -0.432. The summed E-state index contributed by atoms with van der Waals surface area (Å²) in [6.07, 6.45) is 5.20. The number of hydrogen-bond acceptors (Lipinski definition) is 7. The number of aromatic nitrogens is 1. The number of carbonyl (C=O) groups excluding carboxylic acids is 1. The Morgan fingerprint density at radius 3 is 2.54 bits per heavy atom. The zero-order valence-electron chi connectivity index (χ0n) is 14.4. The number of pyridine rings is 1. The molecule has 0 saturated heterocycles. The molecule has 24 heavy (non-hydrogen) atoms. The van der Waals surface area contributed by atoms with Crippen LogP contribution in [0.2, 0.25) is 0 Å². The molecule has 1 aromatic rings. The van der Waals surface area contributed by atoms with Gasteiger partial charge in [-0.15, -0.1) is 0 Å². The number of ether oxygens (including phenoxy) is 4. The van der Waals surface area contributed by atoms with Crippen molar-refractivity contribution in [2.75, 3.05) is 46.0 Å². The molecular formula is C17H26N2O5. The number of nitrogens with one attached hydrogen (secondary N) is 1. The van der Waals surface area contributed by atoms with Crippen LogP contribution < -0.4 is 10.1 Å². The molecule has 1 aliphatic carbocycles. The summed E-state index contributed by atoms with van der Waals surface area (Å²) in [5.41, 5.74) is 0.339. The second-order valence-corrected chi connectivity index (χ2v) is 5.66. The summed E-state index contributed by atoms with van der Waals surface area (Å²) in [6, 6.07) is 2.24. The van der Waals surface area contributed by atoms with Crippen LogP contribution in [0.5, 0.6) is 5.75 Å². The molecule has 0 spiro atoms. The quantitative estimate of drug-likeness (QED) is 0.462. The fourth-order valence-corrected chi connectivity index (χ4v) is 2.06. The molecule has 1 aromatic heterocycles. The van der Waals surface area contributed by atoms with Crippen LogP contribution in [-0.4, -0.2) is 57.6 Å². The lowest BCUT2D eigenvalue weighted by molar-refractivity contribution is 0.0463. The number of esters is 1. The number of rotatable bonds is 12. The van der Waals surface area contributed by atoms with Crippen molar-refractivity contribution < 1.29 is 23.7 Å². The van der Waals surface area contributed by atoms with E-state index in [1.165, 1.54) is 6.20 Å². The lowest BCUT2D eigenvalue weighted by atomic mass is 10.2. The monoisotopic (exact) mass is 338 g/mol. The molecular weight excluding hydrogens is 312 g/mol. The highest BCUT2D eigenvalue weighted by molar-refractivity contribution is 5.92. The maximum absolute atomic E-state index is 12.2. The van der Waals surface area contributed by atoms with Crippen molar-refractivity contribution in [1.82, 2.24) is 4.98 Å². The van der Waals surface area contributed by atoms with E-state index in [-0.39, 0.29) is 0 Å². The summed E-state index contributed by atoms with van der Waals surface area (Å²) in [6.45, 7) is 1.92. The van der Waals surface area contributed by atoms with E-state index in [4.69, 9.17) is 18.9 Å². The molecule has 0 unspecified atom stereocenters. The van der Waals surface area contributed by atoms with Crippen LogP contribution in [0.4, 0.5) is 5.82 Å². The van der Waals surface area contributed by atoms with Gasteiger partial charge in [-0.05, 0) is 12.8 Å². The lowest BCUT2D eigenvalue weighted by Crippen LogP contribution is -2.13. The summed E-state index contributed by atoms with van der Waals surface area (Å²) in [5.74, 6) is 0.773. The molecule has 1 aliphatic rings. The maximum Gasteiger partial charge on any atom is 0.343 e. The van der Waals surface area contributed by atoms with Crippen LogP contribution >= 0.6 is 0 Å². The second kappa shape index (κ2) is 10.1. The minimum absolute atomic E-state index is 0.303. The van der Waals surface area contributed by atoms with E-state index in [2.05, 4.69) is 10.3 Å². The average molecular weight is 338 g/mol. The van der Waals surface area contributed by atoms with Gasteiger partial charge in [0, 0.05) is 58.6 Å². The van der Waals surface area contributed by atoms with E-state index >= 15 is 0 Å². The van der Waals surface area contributed by atoms with Crippen LogP contribution in [0.25, 0.3) is 0 Å². The van der Waals surface area contributed by atoms with Crippen LogP contribution in [-0.2, 0) is 14.2 Å². The smallest absolute Gasteiger partial charge is 0.343 e. The summed E-state index contributed by atoms with van der Waals surface area (Å²) in [7, 11) is 3.26. The Kier molecular flexibility index (Phi) is 7.77. The molecule has 1 N–H and O–H groups in total. The Morgan fingerprint density at radius 2 is 1.88 bits per heavy atom. The highest BCUT2D eigenvalue weighted by Crippen LogP contribution is 2.27. The normalized spacial score (nSPS) is 13.6.